The summed E-state index contributed by atoms with van der Waals surface area (Å²) in [7, 11) is 0. The molecule has 0 saturated carbocycles. The third kappa shape index (κ3) is 2.83. The van der Waals surface area contributed by atoms with Gasteiger partial charge in [-0.3, -0.25) is 4.79 Å². The van der Waals surface area contributed by atoms with Gasteiger partial charge in [0.25, 0.3) is 0 Å². The number of nitrogens with one attached hydrogen (secondary N) is 2. The standard InChI is InChI=1S/C20H19N3O/c1-13(24)21-16-8-10-18-15(12-16)7-11-20(22-18)23-19-9-6-14-4-2-3-5-17(14)19/h2-5,7-8,10-12,19H,6,9H2,1H3,(H,21,24)(H,22,23)/t19-/m1/s1. The van der Waals surface area contributed by atoms with Crippen molar-refractivity contribution in [2.45, 2.75) is 25.8 Å². The fourth-order valence-electron chi connectivity index (χ4n) is 3.37. The smallest absolute Gasteiger partial charge is 0.221 e. The molecule has 0 fully saturated rings. The van der Waals surface area contributed by atoms with Crippen molar-refractivity contribution in [1.82, 2.24) is 4.98 Å². The number of hydrogen-bond acceptors (Lipinski definition) is 3. The van der Waals surface area contributed by atoms with Crippen molar-refractivity contribution in [3.05, 3.63) is 65.7 Å². The zero-order valence-corrected chi connectivity index (χ0v) is 13.5. The summed E-state index contributed by atoms with van der Waals surface area (Å²) in [5.74, 6) is 0.817. The summed E-state index contributed by atoms with van der Waals surface area (Å²) in [6.07, 6.45) is 2.21. The Bertz CT molecular complexity index is 920. The summed E-state index contributed by atoms with van der Waals surface area (Å²) in [6, 6.07) is 18.7. The van der Waals surface area contributed by atoms with Gasteiger partial charge >= 0.3 is 0 Å². The highest BCUT2D eigenvalue weighted by atomic mass is 16.1. The van der Waals surface area contributed by atoms with Gasteiger partial charge in [0.2, 0.25) is 5.91 Å². The third-order valence-electron chi connectivity index (χ3n) is 4.46. The monoisotopic (exact) mass is 317 g/mol. The maximum absolute atomic E-state index is 11.2. The van der Waals surface area contributed by atoms with Crippen LogP contribution in [0.3, 0.4) is 0 Å². The molecule has 1 aliphatic rings. The number of rotatable bonds is 3. The van der Waals surface area contributed by atoms with Crippen LogP contribution in [0.25, 0.3) is 10.9 Å². The highest BCUT2D eigenvalue weighted by molar-refractivity contribution is 5.92. The van der Waals surface area contributed by atoms with Crippen LogP contribution in [-0.2, 0) is 11.2 Å². The van der Waals surface area contributed by atoms with Gasteiger partial charge in [0.15, 0.2) is 0 Å². The first kappa shape index (κ1) is 14.7. The molecule has 0 aliphatic heterocycles. The predicted octanol–water partition coefficient (Wildman–Crippen LogP) is 4.29. The van der Waals surface area contributed by atoms with Crippen molar-refractivity contribution in [2.75, 3.05) is 10.6 Å². The molecular formula is C20H19N3O. The van der Waals surface area contributed by atoms with E-state index in [1.165, 1.54) is 18.1 Å². The van der Waals surface area contributed by atoms with Crippen LogP contribution in [0.5, 0.6) is 0 Å². The predicted molar refractivity (Wildman–Crippen MR) is 97.2 cm³/mol. The van der Waals surface area contributed by atoms with E-state index in [0.29, 0.717) is 6.04 Å². The molecule has 0 bridgehead atoms. The Kier molecular flexibility index (Phi) is 3.65. The quantitative estimate of drug-likeness (QED) is 0.757. The number of anilines is 2. The van der Waals surface area contributed by atoms with E-state index in [1.54, 1.807) is 0 Å². The van der Waals surface area contributed by atoms with Crippen molar-refractivity contribution < 1.29 is 4.79 Å². The summed E-state index contributed by atoms with van der Waals surface area (Å²) in [5.41, 5.74) is 4.51. The van der Waals surface area contributed by atoms with Gasteiger partial charge in [-0.2, -0.15) is 0 Å². The molecule has 1 aromatic heterocycles. The number of pyridine rings is 1. The number of amides is 1. The first-order valence-corrected chi connectivity index (χ1v) is 8.22. The van der Waals surface area contributed by atoms with Crippen molar-refractivity contribution >= 4 is 28.3 Å². The summed E-state index contributed by atoms with van der Waals surface area (Å²) < 4.78 is 0. The number of benzene rings is 2. The van der Waals surface area contributed by atoms with Crippen LogP contribution in [0.2, 0.25) is 0 Å². The number of aromatic nitrogens is 1. The Morgan fingerprint density at radius 2 is 2.00 bits per heavy atom. The second kappa shape index (κ2) is 5.96. The van der Waals surface area contributed by atoms with Crippen LogP contribution in [-0.4, -0.2) is 10.9 Å². The second-order valence-corrected chi connectivity index (χ2v) is 6.22. The zero-order chi connectivity index (χ0) is 16.5. The van der Waals surface area contributed by atoms with E-state index >= 15 is 0 Å². The van der Waals surface area contributed by atoms with Crippen LogP contribution in [0.1, 0.15) is 30.5 Å². The molecule has 1 amide bonds. The minimum absolute atomic E-state index is 0.0690. The fraction of sp³-hybridized carbons (Fsp3) is 0.200. The lowest BCUT2D eigenvalue weighted by molar-refractivity contribution is -0.114. The molecule has 0 saturated heterocycles. The molecule has 2 N–H and O–H groups in total. The highest BCUT2D eigenvalue weighted by Crippen LogP contribution is 2.33. The molecule has 24 heavy (non-hydrogen) atoms. The molecule has 2 aromatic carbocycles. The largest absolute Gasteiger partial charge is 0.363 e. The second-order valence-electron chi connectivity index (χ2n) is 6.22. The molecular weight excluding hydrogens is 298 g/mol. The summed E-state index contributed by atoms with van der Waals surface area (Å²) in [5, 5.41) is 7.37. The van der Waals surface area contributed by atoms with Crippen LogP contribution < -0.4 is 10.6 Å². The molecule has 1 heterocycles. The van der Waals surface area contributed by atoms with Crippen molar-refractivity contribution in [3.8, 4) is 0 Å². The maximum Gasteiger partial charge on any atom is 0.221 e. The number of fused-ring (bicyclic) bond motifs is 2. The fourth-order valence-corrected chi connectivity index (χ4v) is 3.37. The van der Waals surface area contributed by atoms with Crippen LogP contribution >= 0.6 is 0 Å². The van der Waals surface area contributed by atoms with Gasteiger partial charge in [-0.15, -0.1) is 0 Å². The molecule has 0 unspecified atom stereocenters. The van der Waals surface area contributed by atoms with Gasteiger partial charge in [-0.1, -0.05) is 24.3 Å². The number of carbonyl (C=O) groups excluding carboxylic acids is 1. The lowest BCUT2D eigenvalue weighted by atomic mass is 10.1. The maximum atomic E-state index is 11.2. The van der Waals surface area contributed by atoms with Gasteiger partial charge in [-0.05, 0) is 54.3 Å². The first-order chi connectivity index (χ1) is 11.7. The van der Waals surface area contributed by atoms with E-state index in [-0.39, 0.29) is 5.91 Å². The topological polar surface area (TPSA) is 54.0 Å². The normalized spacial score (nSPS) is 16.0. The van der Waals surface area contributed by atoms with Crippen molar-refractivity contribution in [3.63, 3.8) is 0 Å². The van der Waals surface area contributed by atoms with Crippen molar-refractivity contribution in [1.29, 1.82) is 0 Å². The number of nitrogens with zero attached hydrogens (tertiary/aromatic N) is 1. The number of hydrogen-bond donors (Lipinski definition) is 2. The van der Waals surface area contributed by atoms with Gasteiger partial charge in [0, 0.05) is 18.0 Å². The van der Waals surface area contributed by atoms with E-state index in [1.807, 2.05) is 30.3 Å². The summed E-state index contributed by atoms with van der Waals surface area (Å²) in [4.78, 5) is 15.9. The van der Waals surface area contributed by atoms with E-state index < -0.39 is 0 Å². The summed E-state index contributed by atoms with van der Waals surface area (Å²) in [6.45, 7) is 1.51. The number of aryl methyl sites for hydroxylation is 1. The van der Waals surface area contributed by atoms with E-state index in [2.05, 4.69) is 34.9 Å². The molecule has 120 valence electrons. The lowest BCUT2D eigenvalue weighted by Gasteiger charge is -2.15. The third-order valence-corrected chi connectivity index (χ3v) is 4.46. The summed E-state index contributed by atoms with van der Waals surface area (Å²) >= 11 is 0. The van der Waals surface area contributed by atoms with Gasteiger partial charge in [0.05, 0.1) is 11.6 Å². The molecule has 4 nitrogen and oxygen atoms in total. The SMILES string of the molecule is CC(=O)Nc1ccc2nc(N[C@@H]3CCc4ccccc43)ccc2c1. The lowest BCUT2D eigenvalue weighted by Crippen LogP contribution is -2.08. The van der Waals surface area contributed by atoms with Gasteiger partial charge in [-0.25, -0.2) is 4.98 Å². The average Bonchev–Trinajstić information content (AvgIpc) is 2.98. The Morgan fingerprint density at radius 3 is 2.88 bits per heavy atom. The highest BCUT2D eigenvalue weighted by Gasteiger charge is 2.21. The molecule has 3 aromatic rings. The Morgan fingerprint density at radius 1 is 1.12 bits per heavy atom. The number of carbonyl (C=O) groups is 1. The van der Waals surface area contributed by atoms with Crippen molar-refractivity contribution in [2.24, 2.45) is 0 Å². The van der Waals surface area contributed by atoms with E-state index in [0.717, 1.165) is 35.2 Å². The Balaban J connectivity index is 1.58. The Hall–Kier alpha value is -2.88. The molecule has 1 atom stereocenters. The minimum atomic E-state index is -0.0690. The van der Waals surface area contributed by atoms with Gasteiger partial charge in [0.1, 0.15) is 5.82 Å². The molecule has 4 heteroatoms. The van der Waals surface area contributed by atoms with E-state index in [9.17, 15) is 4.79 Å². The molecule has 0 radical (unpaired) electrons. The van der Waals surface area contributed by atoms with Crippen LogP contribution in [0.15, 0.2) is 54.6 Å². The van der Waals surface area contributed by atoms with Crippen LogP contribution in [0, 0.1) is 0 Å². The first-order valence-electron chi connectivity index (χ1n) is 8.22. The average molecular weight is 317 g/mol. The van der Waals surface area contributed by atoms with Gasteiger partial charge < -0.3 is 10.6 Å². The molecule has 0 spiro atoms. The molecule has 4 rings (SSSR count). The van der Waals surface area contributed by atoms with E-state index in [4.69, 9.17) is 4.98 Å². The zero-order valence-electron chi connectivity index (χ0n) is 13.5. The van der Waals surface area contributed by atoms with Crippen LogP contribution in [0.4, 0.5) is 11.5 Å². The Labute approximate surface area is 140 Å². The minimum Gasteiger partial charge on any atom is -0.363 e. The molecule has 1 aliphatic carbocycles.